The number of nitrogens with zero attached hydrogens (tertiary/aromatic N) is 1. The fourth-order valence-electron chi connectivity index (χ4n) is 4.29. The highest BCUT2D eigenvalue weighted by atomic mass is 19.1. The topological polar surface area (TPSA) is 61.4 Å². The maximum atomic E-state index is 13.4. The third kappa shape index (κ3) is 4.88. The fourth-order valence-corrected chi connectivity index (χ4v) is 4.29. The molecule has 1 aromatic heterocycles. The lowest BCUT2D eigenvalue weighted by molar-refractivity contribution is 0.0513. The van der Waals surface area contributed by atoms with E-state index >= 15 is 0 Å². The van der Waals surface area contributed by atoms with Crippen molar-refractivity contribution in [1.82, 2.24) is 15.6 Å². The number of aliphatic imine (C=N–C) groups is 1. The lowest BCUT2D eigenvalue weighted by Crippen LogP contribution is -2.48. The Balaban J connectivity index is 1.37. The fraction of sp³-hybridized carbons (Fsp3) is 0.375. The van der Waals surface area contributed by atoms with Crippen LogP contribution < -0.4 is 10.6 Å². The van der Waals surface area contributed by atoms with Gasteiger partial charge in [0.15, 0.2) is 5.96 Å². The first-order valence-electron chi connectivity index (χ1n) is 10.6. The zero-order chi connectivity index (χ0) is 21.7. The van der Waals surface area contributed by atoms with Crippen molar-refractivity contribution in [1.29, 1.82) is 0 Å². The molecular weight excluding hydrogens is 398 g/mol. The number of rotatable bonds is 6. The lowest BCUT2D eigenvalue weighted by atomic mass is 9.74. The number of nitrogens with one attached hydrogen (secondary N) is 3. The van der Waals surface area contributed by atoms with E-state index in [0.29, 0.717) is 26.3 Å². The molecule has 1 fully saturated rings. The van der Waals surface area contributed by atoms with E-state index in [1.165, 1.54) is 24.3 Å². The Bertz CT molecular complexity index is 1040. The number of guanidine groups is 1. The molecule has 3 N–H and O–H groups in total. The van der Waals surface area contributed by atoms with Gasteiger partial charge in [-0.1, -0.05) is 12.1 Å². The molecule has 2 aromatic carbocycles. The molecule has 0 amide bonds. The van der Waals surface area contributed by atoms with Crippen molar-refractivity contribution < 1.29 is 13.5 Å². The summed E-state index contributed by atoms with van der Waals surface area (Å²) in [6.07, 6.45) is 4.44. The normalized spacial score (nSPS) is 16.4. The number of benzene rings is 2. The van der Waals surface area contributed by atoms with Crippen LogP contribution in [0.15, 0.2) is 53.7 Å². The predicted molar refractivity (Wildman–Crippen MR) is 119 cm³/mol. The average molecular weight is 427 g/mol. The summed E-state index contributed by atoms with van der Waals surface area (Å²) in [5.74, 6) is 0.252. The van der Waals surface area contributed by atoms with Crippen LogP contribution in [0.25, 0.3) is 10.9 Å². The molecule has 2 heterocycles. The Hall–Kier alpha value is -2.93. The molecule has 3 aromatic rings. The van der Waals surface area contributed by atoms with Crippen LogP contribution in [0.5, 0.6) is 0 Å². The molecule has 1 aliphatic rings. The van der Waals surface area contributed by atoms with Gasteiger partial charge in [-0.2, -0.15) is 0 Å². The summed E-state index contributed by atoms with van der Waals surface area (Å²) in [5.41, 5.74) is 2.93. The summed E-state index contributed by atoms with van der Waals surface area (Å²) < 4.78 is 32.4. The van der Waals surface area contributed by atoms with Crippen molar-refractivity contribution in [2.24, 2.45) is 4.99 Å². The van der Waals surface area contributed by atoms with Crippen molar-refractivity contribution >= 4 is 16.9 Å². The van der Waals surface area contributed by atoms with Crippen molar-refractivity contribution in [2.75, 3.05) is 33.4 Å². The first-order chi connectivity index (χ1) is 15.1. The molecule has 5 nitrogen and oxygen atoms in total. The van der Waals surface area contributed by atoms with E-state index in [-0.39, 0.29) is 17.0 Å². The van der Waals surface area contributed by atoms with Gasteiger partial charge in [-0.25, -0.2) is 8.78 Å². The van der Waals surface area contributed by atoms with Crippen LogP contribution >= 0.6 is 0 Å². The van der Waals surface area contributed by atoms with Crippen LogP contribution in [-0.4, -0.2) is 44.3 Å². The van der Waals surface area contributed by atoms with E-state index in [4.69, 9.17) is 4.74 Å². The van der Waals surface area contributed by atoms with E-state index in [1.54, 1.807) is 13.1 Å². The lowest BCUT2D eigenvalue weighted by Gasteiger charge is -2.38. The molecule has 1 saturated heterocycles. The maximum absolute atomic E-state index is 13.4. The van der Waals surface area contributed by atoms with Crippen LogP contribution in [0.2, 0.25) is 0 Å². The molecule has 31 heavy (non-hydrogen) atoms. The monoisotopic (exact) mass is 426 g/mol. The molecule has 0 radical (unpaired) electrons. The Labute approximate surface area is 180 Å². The Morgan fingerprint density at radius 3 is 2.55 bits per heavy atom. The third-order valence-corrected chi connectivity index (χ3v) is 6.14. The highest BCUT2D eigenvalue weighted by Crippen LogP contribution is 2.34. The third-order valence-electron chi connectivity index (χ3n) is 6.14. The van der Waals surface area contributed by atoms with Gasteiger partial charge in [0.05, 0.1) is 0 Å². The molecule has 0 saturated carbocycles. The molecule has 164 valence electrons. The van der Waals surface area contributed by atoms with Gasteiger partial charge >= 0.3 is 0 Å². The molecule has 0 spiro atoms. The largest absolute Gasteiger partial charge is 0.381 e. The van der Waals surface area contributed by atoms with Crippen LogP contribution in [-0.2, 0) is 16.6 Å². The highest BCUT2D eigenvalue weighted by Gasteiger charge is 2.34. The van der Waals surface area contributed by atoms with Crippen molar-refractivity contribution in [3.63, 3.8) is 0 Å². The van der Waals surface area contributed by atoms with E-state index in [1.807, 2.05) is 18.3 Å². The summed E-state index contributed by atoms with van der Waals surface area (Å²) in [6.45, 7) is 2.75. The van der Waals surface area contributed by atoms with Crippen molar-refractivity contribution in [2.45, 2.75) is 24.7 Å². The second-order valence-electron chi connectivity index (χ2n) is 8.01. The number of aromatic amines is 1. The smallest absolute Gasteiger partial charge is 0.191 e. The Morgan fingerprint density at radius 1 is 1.06 bits per heavy atom. The van der Waals surface area contributed by atoms with Gasteiger partial charge in [0.1, 0.15) is 11.6 Å². The van der Waals surface area contributed by atoms with Gasteiger partial charge in [-0.3, -0.25) is 4.99 Å². The summed E-state index contributed by atoms with van der Waals surface area (Å²) >= 11 is 0. The van der Waals surface area contributed by atoms with Gasteiger partial charge in [0.2, 0.25) is 0 Å². The summed E-state index contributed by atoms with van der Waals surface area (Å²) in [6, 6.07) is 11.6. The summed E-state index contributed by atoms with van der Waals surface area (Å²) in [4.78, 5) is 7.47. The summed E-state index contributed by atoms with van der Waals surface area (Å²) in [5, 5.41) is 7.84. The number of aromatic nitrogens is 1. The van der Waals surface area contributed by atoms with Gasteiger partial charge in [0, 0.05) is 55.9 Å². The second-order valence-corrected chi connectivity index (χ2v) is 8.01. The standard InChI is InChI=1S/C24H28F2N4O/c1-27-23(28-11-8-17-15-29-22-14-20(26)6-7-21(17)22)30-16-24(9-12-31-13-10-24)18-2-4-19(25)5-3-18/h2-7,14-15,29H,8-13,16H2,1H3,(H2,27,28,30). The van der Waals surface area contributed by atoms with Crippen LogP contribution in [0.3, 0.4) is 0 Å². The minimum Gasteiger partial charge on any atom is -0.381 e. The molecule has 7 heteroatoms. The molecule has 1 aliphatic heterocycles. The molecule has 0 atom stereocenters. The molecule has 0 bridgehead atoms. The SMILES string of the molecule is CN=C(NCCc1c[nH]c2cc(F)ccc12)NCC1(c2ccc(F)cc2)CCOCC1. The van der Waals surface area contributed by atoms with Crippen LogP contribution in [0.1, 0.15) is 24.0 Å². The number of halogens is 2. The van der Waals surface area contributed by atoms with Gasteiger partial charge in [-0.15, -0.1) is 0 Å². The Morgan fingerprint density at radius 2 is 1.81 bits per heavy atom. The minimum absolute atomic E-state index is 0.121. The van der Waals surface area contributed by atoms with E-state index in [2.05, 4.69) is 20.6 Å². The van der Waals surface area contributed by atoms with Crippen LogP contribution in [0.4, 0.5) is 8.78 Å². The van der Waals surface area contributed by atoms with Crippen molar-refractivity contribution in [3.8, 4) is 0 Å². The number of hydrogen-bond acceptors (Lipinski definition) is 2. The predicted octanol–water partition coefficient (Wildman–Crippen LogP) is 3.90. The number of ether oxygens (including phenoxy) is 1. The molecular formula is C24H28F2N4O. The number of hydrogen-bond donors (Lipinski definition) is 3. The zero-order valence-electron chi connectivity index (χ0n) is 17.7. The van der Waals surface area contributed by atoms with Crippen molar-refractivity contribution in [3.05, 3.63) is 71.4 Å². The minimum atomic E-state index is -0.244. The first kappa shape index (κ1) is 21.3. The van der Waals surface area contributed by atoms with E-state index < -0.39 is 0 Å². The van der Waals surface area contributed by atoms with E-state index in [0.717, 1.165) is 47.3 Å². The quantitative estimate of drug-likeness (QED) is 0.414. The number of H-pyrrole nitrogens is 1. The summed E-state index contributed by atoms with van der Waals surface area (Å²) in [7, 11) is 1.75. The van der Waals surface area contributed by atoms with Gasteiger partial charge in [0.25, 0.3) is 0 Å². The molecule has 0 aliphatic carbocycles. The molecule has 4 rings (SSSR count). The highest BCUT2D eigenvalue weighted by molar-refractivity contribution is 5.83. The average Bonchev–Trinajstić information content (AvgIpc) is 3.19. The first-order valence-corrected chi connectivity index (χ1v) is 10.6. The second kappa shape index (κ2) is 9.47. The zero-order valence-corrected chi connectivity index (χ0v) is 17.7. The maximum Gasteiger partial charge on any atom is 0.191 e. The number of fused-ring (bicyclic) bond motifs is 1. The Kier molecular flexibility index (Phi) is 6.51. The van der Waals surface area contributed by atoms with Crippen LogP contribution in [0, 0.1) is 11.6 Å². The molecule has 0 unspecified atom stereocenters. The van der Waals surface area contributed by atoms with Gasteiger partial charge in [-0.05, 0) is 60.7 Å². The van der Waals surface area contributed by atoms with Gasteiger partial charge < -0.3 is 20.4 Å². The van der Waals surface area contributed by atoms with E-state index in [9.17, 15) is 8.78 Å².